The van der Waals surface area contributed by atoms with Gasteiger partial charge in [0, 0.05) is 0 Å². The normalized spacial score (nSPS) is 46.9. The molecule has 0 aromatic heterocycles. The minimum Gasteiger partial charge on any atom is -0.394 e. The van der Waals surface area contributed by atoms with Gasteiger partial charge in [-0.15, -0.1) is 0 Å². The predicted octanol–water partition coefficient (Wildman–Crippen LogP) is -9.85. The van der Waals surface area contributed by atoms with Crippen molar-refractivity contribution in [2.75, 3.05) is 46.2 Å². The van der Waals surface area contributed by atoms with E-state index < -0.39 is 261 Å². The third-order valence-corrected chi connectivity index (χ3v) is 13.1. The van der Waals surface area contributed by atoms with Crippen LogP contribution < -0.4 is 0 Å². The molecule has 77 heavy (non-hydrogen) atoms. The second-order valence-electron chi connectivity index (χ2n) is 17.8. The SMILES string of the molecule is OC[C]1O[C@@H]2O[C@@H]3[C](CO)O[C@H](O[C@H]4[C](O)[C@@H](O)[C@H](O[C@@H]4CO)O[C@H]4[C](O)[C@@H](O)[C@H](O[C@@H]4CO)O[C@H]4[C](O)[C@@H](O)[C@@H](O[C@H]5[C@H](O)[C@@H](O)[C@@H](O[C@@H]6[C](CO)O[C@H](O[C@H]1[C](O)[C]2O)[C](O)[C]6O)O[C@@H]5CO)O[C@@H]4CO)[C](O)[C]3O. The molecule has 23 atom stereocenters. The minimum absolute atomic E-state index is 0.751. The molecule has 12 radical (unpaired) electrons. The summed E-state index contributed by atoms with van der Waals surface area (Å²) in [5.41, 5.74) is 0. The Balaban J connectivity index is 1.08. The molecule has 21 rings (SSSR count). The van der Waals surface area contributed by atoms with Gasteiger partial charge in [0.25, 0.3) is 0 Å². The van der Waals surface area contributed by atoms with Crippen LogP contribution in [0, 0.1) is 73.2 Å². The lowest BCUT2D eigenvalue weighted by atomic mass is 9.95. The number of hydrogen-bond acceptors (Lipinski definition) is 35. The summed E-state index contributed by atoms with van der Waals surface area (Å²) in [5.74, 6) is 0. The first-order valence-corrected chi connectivity index (χ1v) is 23.1. The molecule has 0 aliphatic carbocycles. The van der Waals surface area contributed by atoms with Gasteiger partial charge in [-0.1, -0.05) is 0 Å². The van der Waals surface area contributed by atoms with E-state index in [0.29, 0.717) is 0 Å². The van der Waals surface area contributed by atoms with Gasteiger partial charge in [-0.2, -0.15) is 0 Å². The molecular weight excluding hydrogens is 1060 g/mol. The van der Waals surface area contributed by atoms with Crippen LogP contribution in [0.1, 0.15) is 0 Å². The number of hydrogen-bond donors (Lipinski definition) is 21. The molecule has 21 fully saturated rings. The van der Waals surface area contributed by atoms with E-state index in [4.69, 9.17) is 66.3 Å². The maximum atomic E-state index is 11.3. The Morgan fingerprint density at radius 2 is 0.610 bits per heavy atom. The quantitative estimate of drug-likeness (QED) is 0.113. The zero-order valence-electron chi connectivity index (χ0n) is 39.3. The first-order valence-electron chi connectivity index (χ1n) is 23.1. The summed E-state index contributed by atoms with van der Waals surface area (Å²) < 4.78 is 77.8. The van der Waals surface area contributed by atoms with Crippen LogP contribution in [0.15, 0.2) is 0 Å². The summed E-state index contributed by atoms with van der Waals surface area (Å²) in [6, 6.07) is 0. The number of aliphatic hydroxyl groups excluding tert-OH is 21. The molecule has 14 bridgehead atoms. The van der Waals surface area contributed by atoms with E-state index in [1.807, 2.05) is 0 Å². The van der Waals surface area contributed by atoms with Crippen molar-refractivity contribution in [2.45, 2.75) is 142 Å². The van der Waals surface area contributed by atoms with Crippen LogP contribution in [0.3, 0.4) is 0 Å². The summed E-state index contributed by atoms with van der Waals surface area (Å²) in [6.45, 7) is -7.99. The first-order chi connectivity index (χ1) is 36.7. The second kappa shape index (κ2) is 26.0. The van der Waals surface area contributed by atoms with Crippen LogP contribution in [-0.4, -0.2) is 295 Å². The van der Waals surface area contributed by atoms with Crippen molar-refractivity contribution in [1.29, 1.82) is 0 Å². The molecule has 35 heteroatoms. The van der Waals surface area contributed by atoms with E-state index in [-0.39, 0.29) is 0 Å². The topological polar surface area (TPSA) is 554 Å². The minimum atomic E-state index is -2.34. The van der Waals surface area contributed by atoms with E-state index in [1.165, 1.54) is 0 Å². The van der Waals surface area contributed by atoms with Gasteiger partial charge in [0.15, 0.2) is 117 Å². The molecule has 0 amide bonds. The van der Waals surface area contributed by atoms with Crippen LogP contribution in [0.2, 0.25) is 0 Å². The summed E-state index contributed by atoms with van der Waals surface area (Å²) in [7, 11) is 0. The van der Waals surface area contributed by atoms with Gasteiger partial charge >= 0.3 is 0 Å². The van der Waals surface area contributed by atoms with Crippen molar-refractivity contribution in [3.63, 3.8) is 0 Å². The third-order valence-electron chi connectivity index (χ3n) is 13.1. The summed E-state index contributed by atoms with van der Waals surface area (Å²) in [4.78, 5) is 0. The van der Waals surface area contributed by atoms with Crippen molar-refractivity contribution in [3.8, 4) is 0 Å². The molecule has 0 saturated carbocycles. The molecular formula is C42H58O35. The maximum absolute atomic E-state index is 11.3. The second-order valence-corrected chi connectivity index (χ2v) is 17.8. The molecule has 0 aromatic carbocycles. The highest BCUT2D eigenvalue weighted by Crippen LogP contribution is 2.47. The Hall–Kier alpha value is -1.40. The number of aliphatic hydroxyl groups is 21. The van der Waals surface area contributed by atoms with Gasteiger partial charge in [-0.3, -0.25) is 0 Å². The summed E-state index contributed by atoms with van der Waals surface area (Å²) in [6.07, 6.45) is -61.8. The highest BCUT2D eigenvalue weighted by atomic mass is 16.8. The lowest BCUT2D eigenvalue weighted by Gasteiger charge is -2.49. The Bertz CT molecular complexity index is 1470. The van der Waals surface area contributed by atoms with Gasteiger partial charge in [-0.25, -0.2) is 0 Å². The summed E-state index contributed by atoms with van der Waals surface area (Å²) in [5, 5.41) is 228. The fourth-order valence-electron chi connectivity index (χ4n) is 8.99. The fraction of sp³-hybridized carbons (Fsp3) is 0.714. The largest absolute Gasteiger partial charge is 0.394 e. The zero-order valence-corrected chi connectivity index (χ0v) is 39.3. The number of rotatable bonds is 7. The van der Waals surface area contributed by atoms with Crippen LogP contribution in [0.25, 0.3) is 0 Å². The van der Waals surface area contributed by atoms with Crippen molar-refractivity contribution < 1.29 is 174 Å². The van der Waals surface area contributed by atoms with E-state index in [9.17, 15) is 107 Å². The van der Waals surface area contributed by atoms with Gasteiger partial charge in [-0.05, 0) is 0 Å². The molecule has 35 nitrogen and oxygen atoms in total. The maximum Gasteiger partial charge on any atom is 0.194 e. The van der Waals surface area contributed by atoms with Crippen LogP contribution >= 0.6 is 0 Å². The highest BCUT2D eigenvalue weighted by Gasteiger charge is 2.61. The molecule has 0 unspecified atom stereocenters. The van der Waals surface area contributed by atoms with E-state index in [0.717, 1.165) is 0 Å². The predicted molar refractivity (Wildman–Crippen MR) is 219 cm³/mol. The van der Waals surface area contributed by atoms with Gasteiger partial charge < -0.3 is 174 Å². The monoisotopic (exact) mass is 1120 g/mol. The van der Waals surface area contributed by atoms with Crippen molar-refractivity contribution in [3.05, 3.63) is 73.2 Å². The first kappa shape index (κ1) is 61.7. The Kier molecular flexibility index (Phi) is 20.8. The van der Waals surface area contributed by atoms with Crippen molar-refractivity contribution in [1.82, 2.24) is 0 Å². The molecule has 21 heterocycles. The Morgan fingerprint density at radius 3 is 0.961 bits per heavy atom. The number of ether oxygens (including phenoxy) is 14. The molecule has 0 aromatic rings. The highest BCUT2D eigenvalue weighted by molar-refractivity contribution is 5.26. The van der Waals surface area contributed by atoms with Crippen molar-refractivity contribution in [2.24, 2.45) is 0 Å². The average molecular weight is 1120 g/mol. The van der Waals surface area contributed by atoms with E-state index in [1.54, 1.807) is 0 Å². The molecule has 0 spiro atoms. The zero-order chi connectivity index (χ0) is 56.1. The van der Waals surface area contributed by atoms with Crippen LogP contribution in [-0.2, 0) is 66.3 Å². The van der Waals surface area contributed by atoms with Gasteiger partial charge in [0.05, 0.1) is 46.2 Å². The summed E-state index contributed by atoms with van der Waals surface area (Å²) >= 11 is 0. The third kappa shape index (κ3) is 12.1. The molecule has 21 aliphatic heterocycles. The average Bonchev–Trinajstić information content (AvgIpc) is 3.43. The molecule has 21 N–H and O–H groups in total. The van der Waals surface area contributed by atoms with Crippen LogP contribution in [0.4, 0.5) is 0 Å². The fourth-order valence-corrected chi connectivity index (χ4v) is 8.99. The molecule has 21 saturated heterocycles. The Morgan fingerprint density at radius 1 is 0.299 bits per heavy atom. The lowest BCUT2D eigenvalue weighted by molar-refractivity contribution is -0.372. The standard InChI is InChI=1S/C42H58O35/c43-1-8-29-15(50)22(57)36(64-8)72-30-9(2-44)66-38(24(59)17(30)52)74-32-11(4-46)68-40(26(61)19(32)54)76-34-13(6-48)70-42(28(63)21(34)56)77-35-14(7-49)69-41(27(62)20(35)55)75-33-12(5-47)67-39(25(60)18(33)53)73-31-10(3-45)65-37(71-29)23(58)16(31)51/h8-11,19,22-24,26,29-63H,1-7H2/t8-,9-,10-,11-,19-,22-,23-,24-,26-,29-,30-,31-,32-,33-,34-,35-,36-,37-,38-,39-,40-,41-,42-/m1/s1. The smallest absolute Gasteiger partial charge is 0.194 e. The van der Waals surface area contributed by atoms with E-state index in [2.05, 4.69) is 0 Å². The lowest BCUT2D eigenvalue weighted by Crippen LogP contribution is -2.65. The molecule has 436 valence electrons. The van der Waals surface area contributed by atoms with Crippen molar-refractivity contribution >= 4 is 0 Å². The van der Waals surface area contributed by atoms with Gasteiger partial charge in [0.2, 0.25) is 0 Å². The van der Waals surface area contributed by atoms with E-state index >= 15 is 0 Å². The van der Waals surface area contributed by atoms with Gasteiger partial charge in [0.1, 0.15) is 97.7 Å². The molecule has 21 aliphatic rings. The van der Waals surface area contributed by atoms with Crippen LogP contribution in [0.5, 0.6) is 0 Å². The Labute approximate surface area is 434 Å².